The van der Waals surface area contributed by atoms with Crippen LogP contribution in [-0.2, 0) is 9.59 Å². The second kappa shape index (κ2) is 8.71. The van der Waals surface area contributed by atoms with Gasteiger partial charge in [0.1, 0.15) is 6.04 Å². The summed E-state index contributed by atoms with van der Waals surface area (Å²) in [5.41, 5.74) is 7.25. The van der Waals surface area contributed by atoms with Crippen LogP contribution in [0.4, 0.5) is 10.5 Å². The monoisotopic (exact) mass is 468 g/mol. The maximum Gasteiger partial charge on any atom is 0.320 e. The summed E-state index contributed by atoms with van der Waals surface area (Å²) in [6, 6.07) is 4.33. The number of nitrogens with two attached hydrogens (primary N) is 1. The molecule has 6 amide bonds. The quantitative estimate of drug-likeness (QED) is 0.571. The summed E-state index contributed by atoms with van der Waals surface area (Å²) < 4.78 is 0. The Morgan fingerprint density at radius 1 is 0.853 bits per heavy atom. The van der Waals surface area contributed by atoms with Crippen molar-refractivity contribution in [1.82, 2.24) is 20.0 Å². The highest BCUT2D eigenvalue weighted by Crippen LogP contribution is 2.31. The van der Waals surface area contributed by atoms with E-state index in [1.807, 2.05) is 9.80 Å². The van der Waals surface area contributed by atoms with Crippen LogP contribution in [0.15, 0.2) is 18.2 Å². The second-order valence-electron chi connectivity index (χ2n) is 9.26. The smallest absolute Gasteiger partial charge is 0.320 e. The van der Waals surface area contributed by atoms with Crippen LogP contribution in [0.1, 0.15) is 46.4 Å². The normalized spacial score (nSPS) is 24.0. The number of carbonyl (C=O) groups is 5. The number of urea groups is 1. The fraction of sp³-hybridized carbons (Fsp3) is 0.522. The second-order valence-corrected chi connectivity index (χ2v) is 9.26. The summed E-state index contributed by atoms with van der Waals surface area (Å²) in [5.74, 6) is -2.06. The van der Waals surface area contributed by atoms with Crippen molar-refractivity contribution in [2.75, 3.05) is 44.2 Å². The number of fused-ring (bicyclic) bond motifs is 1. The number of anilines is 1. The van der Waals surface area contributed by atoms with E-state index in [0.29, 0.717) is 39.3 Å². The number of carbonyl (C=O) groups excluding carboxylic acids is 5. The minimum absolute atomic E-state index is 0.0427. The maximum absolute atomic E-state index is 13.1. The summed E-state index contributed by atoms with van der Waals surface area (Å²) >= 11 is 0. The van der Waals surface area contributed by atoms with Gasteiger partial charge in [0.2, 0.25) is 11.8 Å². The Bertz CT molecular complexity index is 1060. The van der Waals surface area contributed by atoms with Crippen LogP contribution in [0.2, 0.25) is 0 Å². The highest BCUT2D eigenvalue weighted by molar-refractivity contribution is 6.23. The first-order valence-corrected chi connectivity index (χ1v) is 11.7. The predicted molar refractivity (Wildman–Crippen MR) is 121 cm³/mol. The Hall–Kier alpha value is -3.47. The summed E-state index contributed by atoms with van der Waals surface area (Å²) in [6.07, 6.45) is 1.86. The molecule has 4 heterocycles. The van der Waals surface area contributed by atoms with Gasteiger partial charge in [0.05, 0.1) is 11.1 Å². The molecule has 5 rings (SSSR count). The molecule has 0 bridgehead atoms. The van der Waals surface area contributed by atoms with E-state index >= 15 is 0 Å². The van der Waals surface area contributed by atoms with Crippen LogP contribution in [0, 0.1) is 0 Å². The molecule has 180 valence electrons. The van der Waals surface area contributed by atoms with Gasteiger partial charge >= 0.3 is 6.03 Å². The largest absolute Gasteiger partial charge is 0.368 e. The van der Waals surface area contributed by atoms with E-state index in [1.54, 1.807) is 18.2 Å². The Balaban J connectivity index is 1.25. The van der Waals surface area contributed by atoms with Gasteiger partial charge < -0.3 is 20.4 Å². The Morgan fingerprint density at radius 3 is 2.18 bits per heavy atom. The molecule has 1 aromatic rings. The molecule has 11 nitrogen and oxygen atoms in total. The van der Waals surface area contributed by atoms with Crippen LogP contribution in [0.5, 0.6) is 0 Å². The van der Waals surface area contributed by atoms with Crippen molar-refractivity contribution in [1.29, 1.82) is 0 Å². The van der Waals surface area contributed by atoms with E-state index in [1.165, 1.54) is 0 Å². The van der Waals surface area contributed by atoms with Crippen LogP contribution in [0.25, 0.3) is 0 Å². The lowest BCUT2D eigenvalue weighted by atomic mass is 10.0. The summed E-state index contributed by atoms with van der Waals surface area (Å²) in [6.45, 7) is 3.71. The average molecular weight is 469 g/mol. The minimum Gasteiger partial charge on any atom is -0.368 e. The number of imide groups is 2. The summed E-state index contributed by atoms with van der Waals surface area (Å²) in [7, 11) is 0. The van der Waals surface area contributed by atoms with Gasteiger partial charge in [0, 0.05) is 57.4 Å². The molecule has 0 spiro atoms. The minimum atomic E-state index is -0.979. The molecular weight excluding hydrogens is 440 g/mol. The topological polar surface area (TPSA) is 136 Å². The van der Waals surface area contributed by atoms with Crippen molar-refractivity contribution in [3.63, 3.8) is 0 Å². The number of hydrogen-bond donors (Lipinski definition) is 2. The molecule has 1 unspecified atom stereocenters. The molecule has 0 aliphatic carbocycles. The van der Waals surface area contributed by atoms with Crippen LogP contribution in [-0.4, -0.2) is 95.7 Å². The average Bonchev–Trinajstić information content (AvgIpc) is 3.09. The summed E-state index contributed by atoms with van der Waals surface area (Å²) in [4.78, 5) is 69.2. The lowest BCUT2D eigenvalue weighted by molar-refractivity contribution is -0.136. The van der Waals surface area contributed by atoms with Crippen molar-refractivity contribution in [3.05, 3.63) is 29.3 Å². The first-order chi connectivity index (χ1) is 16.3. The SMILES string of the molecule is NC1CCN(C(=O)N2CCN(c3ccc4c(c3)C(=O)N(C3CCC(=O)NC3=O)C4=O)CC2)CC1. The number of amides is 6. The molecule has 1 aromatic carbocycles. The molecule has 0 saturated carbocycles. The van der Waals surface area contributed by atoms with Crippen molar-refractivity contribution in [2.24, 2.45) is 5.73 Å². The van der Waals surface area contributed by atoms with Crippen LogP contribution in [0.3, 0.4) is 0 Å². The van der Waals surface area contributed by atoms with Gasteiger partial charge in [0.15, 0.2) is 0 Å². The number of benzene rings is 1. The third-order valence-corrected chi connectivity index (χ3v) is 7.15. The number of nitrogens with zero attached hydrogens (tertiary/aromatic N) is 4. The first kappa shape index (κ1) is 22.3. The van der Waals surface area contributed by atoms with E-state index < -0.39 is 29.7 Å². The third kappa shape index (κ3) is 3.89. The van der Waals surface area contributed by atoms with Gasteiger partial charge in [0.25, 0.3) is 11.8 Å². The Kier molecular flexibility index (Phi) is 5.72. The lowest BCUT2D eigenvalue weighted by Crippen LogP contribution is -2.55. The maximum atomic E-state index is 13.1. The van der Waals surface area contributed by atoms with Crippen molar-refractivity contribution < 1.29 is 24.0 Å². The van der Waals surface area contributed by atoms with Gasteiger partial charge in [-0.15, -0.1) is 0 Å². The Morgan fingerprint density at radius 2 is 1.50 bits per heavy atom. The zero-order valence-electron chi connectivity index (χ0n) is 18.9. The van der Waals surface area contributed by atoms with E-state index in [-0.39, 0.29) is 36.0 Å². The van der Waals surface area contributed by atoms with Gasteiger partial charge in [-0.25, -0.2) is 4.79 Å². The molecule has 4 aliphatic rings. The fourth-order valence-corrected chi connectivity index (χ4v) is 5.10. The van der Waals surface area contributed by atoms with Crippen LogP contribution >= 0.6 is 0 Å². The molecule has 3 fully saturated rings. The van der Waals surface area contributed by atoms with Crippen LogP contribution < -0.4 is 16.0 Å². The van der Waals surface area contributed by atoms with Gasteiger partial charge in [-0.1, -0.05) is 0 Å². The van der Waals surface area contributed by atoms with E-state index in [0.717, 1.165) is 23.4 Å². The zero-order chi connectivity index (χ0) is 24.0. The number of piperidine rings is 2. The highest BCUT2D eigenvalue weighted by atomic mass is 16.2. The zero-order valence-corrected chi connectivity index (χ0v) is 18.9. The number of rotatable bonds is 2. The van der Waals surface area contributed by atoms with Crippen molar-refractivity contribution in [3.8, 4) is 0 Å². The highest BCUT2D eigenvalue weighted by Gasteiger charge is 2.44. The fourth-order valence-electron chi connectivity index (χ4n) is 5.10. The molecule has 4 aliphatic heterocycles. The molecule has 34 heavy (non-hydrogen) atoms. The number of likely N-dealkylation sites (tertiary alicyclic amines) is 1. The lowest BCUT2D eigenvalue weighted by Gasteiger charge is -2.40. The number of hydrogen-bond acceptors (Lipinski definition) is 7. The van der Waals surface area contributed by atoms with E-state index in [9.17, 15) is 24.0 Å². The van der Waals surface area contributed by atoms with E-state index in [4.69, 9.17) is 5.73 Å². The van der Waals surface area contributed by atoms with E-state index in [2.05, 4.69) is 10.2 Å². The number of nitrogens with one attached hydrogen (secondary N) is 1. The molecule has 3 saturated heterocycles. The van der Waals surface area contributed by atoms with Gasteiger partial charge in [-0.3, -0.25) is 29.4 Å². The predicted octanol–water partition coefficient (Wildman–Crippen LogP) is -0.247. The van der Waals surface area contributed by atoms with Gasteiger partial charge in [-0.2, -0.15) is 0 Å². The first-order valence-electron chi connectivity index (χ1n) is 11.7. The summed E-state index contributed by atoms with van der Waals surface area (Å²) in [5, 5.41) is 2.20. The Labute approximate surface area is 196 Å². The third-order valence-electron chi connectivity index (χ3n) is 7.15. The van der Waals surface area contributed by atoms with Gasteiger partial charge in [-0.05, 0) is 37.5 Å². The van der Waals surface area contributed by atoms with Crippen molar-refractivity contribution >= 4 is 35.3 Å². The molecule has 3 N–H and O–H groups in total. The molecular formula is C23H28N6O5. The molecule has 11 heteroatoms. The molecule has 0 radical (unpaired) electrons. The number of piperazine rings is 1. The molecule has 1 atom stereocenters. The van der Waals surface area contributed by atoms with Crippen molar-refractivity contribution in [2.45, 2.75) is 37.8 Å². The molecule has 0 aromatic heterocycles. The standard InChI is InChI=1S/C23H28N6O5/c24-14-5-7-27(8-6-14)23(34)28-11-9-26(10-12-28)15-1-2-16-17(13-15)22(33)29(21(16)32)18-3-4-19(30)25-20(18)31/h1-2,13-14,18H,3-12,24H2,(H,25,30,31).